The van der Waals surface area contributed by atoms with Crippen LogP contribution in [0, 0.1) is 0 Å². The second kappa shape index (κ2) is 6.32. The van der Waals surface area contributed by atoms with Gasteiger partial charge in [-0.3, -0.25) is 0 Å². The van der Waals surface area contributed by atoms with Crippen LogP contribution in [-0.2, 0) is 19.4 Å². The van der Waals surface area contributed by atoms with Gasteiger partial charge >= 0.3 is 0 Å². The van der Waals surface area contributed by atoms with E-state index in [9.17, 15) is 0 Å². The third kappa shape index (κ3) is 3.10. The predicted molar refractivity (Wildman–Crippen MR) is 78.3 cm³/mol. The van der Waals surface area contributed by atoms with Crippen molar-refractivity contribution in [3.8, 4) is 0 Å². The van der Waals surface area contributed by atoms with E-state index < -0.39 is 0 Å². The first-order valence-electron chi connectivity index (χ1n) is 6.15. The molecule has 1 aromatic heterocycles. The Morgan fingerprint density at radius 2 is 2.11 bits per heavy atom. The Labute approximate surface area is 117 Å². The zero-order chi connectivity index (χ0) is 13.0. The Balaban J connectivity index is 2.22. The Kier molecular flexibility index (Phi) is 4.75. The lowest BCUT2D eigenvalue weighted by Crippen LogP contribution is -1.98. The molecule has 0 saturated heterocycles. The normalized spacial score (nSPS) is 10.8. The van der Waals surface area contributed by atoms with Gasteiger partial charge in [0.2, 0.25) is 0 Å². The van der Waals surface area contributed by atoms with Crippen LogP contribution in [0.1, 0.15) is 34.5 Å². The molecule has 0 unspecified atom stereocenters. The van der Waals surface area contributed by atoms with Crippen molar-refractivity contribution in [2.45, 2.75) is 32.7 Å². The third-order valence-corrected chi connectivity index (χ3v) is 4.28. The smallest absolute Gasteiger partial charge is 0.0975 e. The average molecular weight is 281 g/mol. The molecule has 0 bridgehead atoms. The van der Waals surface area contributed by atoms with Gasteiger partial charge in [0.1, 0.15) is 0 Å². The topological polar surface area (TPSA) is 38.9 Å². The second-order valence-electron chi connectivity index (χ2n) is 4.20. The lowest BCUT2D eigenvalue weighted by atomic mass is 10.1. The maximum absolute atomic E-state index is 6.17. The maximum Gasteiger partial charge on any atom is 0.0975 e. The molecule has 0 spiro atoms. The second-order valence-corrected chi connectivity index (χ2v) is 5.78. The number of benzene rings is 1. The molecule has 0 aliphatic heterocycles. The Morgan fingerprint density at radius 1 is 1.33 bits per heavy atom. The number of hydrogen-bond donors (Lipinski definition) is 1. The molecule has 2 N–H and O–H groups in total. The van der Waals surface area contributed by atoms with Crippen LogP contribution < -0.4 is 5.73 Å². The molecule has 0 radical (unpaired) electrons. The number of hydrogen-bond acceptors (Lipinski definition) is 3. The Hall–Kier alpha value is -0.900. The van der Waals surface area contributed by atoms with Gasteiger partial charge < -0.3 is 5.73 Å². The van der Waals surface area contributed by atoms with Crippen molar-refractivity contribution in [2.24, 2.45) is 5.73 Å². The fourth-order valence-corrected chi connectivity index (χ4v) is 3.13. The summed E-state index contributed by atoms with van der Waals surface area (Å²) in [6.45, 7) is 2.74. The summed E-state index contributed by atoms with van der Waals surface area (Å²) in [6, 6.07) is 7.92. The van der Waals surface area contributed by atoms with Crippen molar-refractivity contribution in [1.82, 2.24) is 4.98 Å². The number of nitrogens with two attached hydrogens (primary N) is 1. The highest BCUT2D eigenvalue weighted by molar-refractivity contribution is 7.11. The summed E-state index contributed by atoms with van der Waals surface area (Å²) in [7, 11) is 0. The molecule has 0 aliphatic carbocycles. The summed E-state index contributed by atoms with van der Waals surface area (Å²) in [5.74, 6) is 0. The molecule has 96 valence electrons. The van der Waals surface area contributed by atoms with Gasteiger partial charge in [0.05, 0.1) is 10.7 Å². The SMILES string of the molecule is CCCc1nc(Cc2ccccc2Cl)sc1CN. The largest absolute Gasteiger partial charge is 0.326 e. The van der Waals surface area contributed by atoms with Crippen LogP contribution in [0.4, 0.5) is 0 Å². The van der Waals surface area contributed by atoms with Gasteiger partial charge in [-0.25, -0.2) is 4.98 Å². The molecule has 0 saturated carbocycles. The molecule has 0 amide bonds. The van der Waals surface area contributed by atoms with E-state index in [1.54, 1.807) is 11.3 Å². The van der Waals surface area contributed by atoms with Gasteiger partial charge in [-0.1, -0.05) is 43.1 Å². The minimum atomic E-state index is 0.579. The molecule has 0 fully saturated rings. The molecule has 4 heteroatoms. The Morgan fingerprint density at radius 3 is 2.78 bits per heavy atom. The fourth-order valence-electron chi connectivity index (χ4n) is 1.91. The summed E-state index contributed by atoms with van der Waals surface area (Å²) in [6.07, 6.45) is 2.90. The van der Waals surface area contributed by atoms with E-state index in [2.05, 4.69) is 11.9 Å². The molecule has 18 heavy (non-hydrogen) atoms. The molecule has 0 atom stereocenters. The third-order valence-electron chi connectivity index (χ3n) is 2.79. The summed E-state index contributed by atoms with van der Waals surface area (Å²) in [5.41, 5.74) is 8.05. The summed E-state index contributed by atoms with van der Waals surface area (Å²) < 4.78 is 0. The molecule has 2 rings (SSSR count). The molecule has 0 aliphatic rings. The fraction of sp³-hybridized carbons (Fsp3) is 0.357. The van der Waals surface area contributed by atoms with Crippen LogP contribution in [0.25, 0.3) is 0 Å². The minimum absolute atomic E-state index is 0.579. The van der Waals surface area contributed by atoms with E-state index in [0.717, 1.165) is 40.6 Å². The predicted octanol–water partition coefficient (Wildman–Crippen LogP) is 3.80. The maximum atomic E-state index is 6.17. The number of halogens is 1. The monoisotopic (exact) mass is 280 g/mol. The van der Waals surface area contributed by atoms with Crippen molar-refractivity contribution in [2.75, 3.05) is 0 Å². The molecule has 2 aromatic rings. The average Bonchev–Trinajstić information content (AvgIpc) is 2.75. The van der Waals surface area contributed by atoms with Crippen molar-refractivity contribution in [3.05, 3.63) is 50.4 Å². The van der Waals surface area contributed by atoms with Crippen LogP contribution in [0.3, 0.4) is 0 Å². The van der Waals surface area contributed by atoms with E-state index in [-0.39, 0.29) is 0 Å². The standard InChI is InChI=1S/C14H17ClN2S/c1-2-5-12-13(9-16)18-14(17-12)8-10-6-3-4-7-11(10)15/h3-4,6-7H,2,5,8-9,16H2,1H3. The zero-order valence-corrected chi connectivity index (χ0v) is 12.0. The first-order chi connectivity index (χ1) is 8.74. The first kappa shape index (κ1) is 13.5. The highest BCUT2D eigenvalue weighted by Crippen LogP contribution is 2.24. The quantitative estimate of drug-likeness (QED) is 0.905. The van der Waals surface area contributed by atoms with Crippen LogP contribution in [0.2, 0.25) is 5.02 Å². The number of aromatic nitrogens is 1. The number of rotatable bonds is 5. The van der Waals surface area contributed by atoms with E-state index in [1.807, 2.05) is 24.3 Å². The van der Waals surface area contributed by atoms with Gasteiger partial charge in [0.25, 0.3) is 0 Å². The molecule has 1 aromatic carbocycles. The molecular weight excluding hydrogens is 264 g/mol. The van der Waals surface area contributed by atoms with Gasteiger partial charge in [-0.15, -0.1) is 11.3 Å². The van der Waals surface area contributed by atoms with E-state index in [4.69, 9.17) is 17.3 Å². The lowest BCUT2D eigenvalue weighted by Gasteiger charge is -2.00. The number of thiazole rings is 1. The molecular formula is C14H17ClN2S. The van der Waals surface area contributed by atoms with Crippen LogP contribution in [-0.4, -0.2) is 4.98 Å². The van der Waals surface area contributed by atoms with Crippen LogP contribution in [0.5, 0.6) is 0 Å². The molecule has 1 heterocycles. The number of nitrogens with zero attached hydrogens (tertiary/aromatic N) is 1. The van der Waals surface area contributed by atoms with Gasteiger partial charge in [-0.2, -0.15) is 0 Å². The minimum Gasteiger partial charge on any atom is -0.326 e. The highest BCUT2D eigenvalue weighted by Gasteiger charge is 2.10. The highest BCUT2D eigenvalue weighted by atomic mass is 35.5. The van der Waals surface area contributed by atoms with Crippen LogP contribution >= 0.6 is 22.9 Å². The van der Waals surface area contributed by atoms with Crippen molar-refractivity contribution in [3.63, 3.8) is 0 Å². The van der Waals surface area contributed by atoms with Crippen molar-refractivity contribution < 1.29 is 0 Å². The van der Waals surface area contributed by atoms with Gasteiger partial charge in [-0.05, 0) is 18.1 Å². The van der Waals surface area contributed by atoms with E-state index in [0.29, 0.717) is 6.54 Å². The number of aryl methyl sites for hydroxylation is 1. The zero-order valence-electron chi connectivity index (χ0n) is 10.4. The summed E-state index contributed by atoms with van der Waals surface area (Å²) in [5, 5.41) is 1.91. The van der Waals surface area contributed by atoms with Crippen molar-refractivity contribution in [1.29, 1.82) is 0 Å². The van der Waals surface area contributed by atoms with Gasteiger partial charge in [0.15, 0.2) is 0 Å². The Bertz CT molecular complexity index is 522. The van der Waals surface area contributed by atoms with Crippen molar-refractivity contribution >= 4 is 22.9 Å². The summed E-state index contributed by atoms with van der Waals surface area (Å²) in [4.78, 5) is 5.89. The van der Waals surface area contributed by atoms with E-state index in [1.165, 1.54) is 4.88 Å². The van der Waals surface area contributed by atoms with Crippen LogP contribution in [0.15, 0.2) is 24.3 Å². The summed E-state index contributed by atoms with van der Waals surface area (Å²) >= 11 is 7.88. The van der Waals surface area contributed by atoms with E-state index >= 15 is 0 Å². The first-order valence-corrected chi connectivity index (χ1v) is 7.35. The molecule has 2 nitrogen and oxygen atoms in total. The van der Waals surface area contributed by atoms with Gasteiger partial charge in [0, 0.05) is 22.9 Å². The lowest BCUT2D eigenvalue weighted by molar-refractivity contribution is 0.863.